The summed E-state index contributed by atoms with van der Waals surface area (Å²) in [5.41, 5.74) is 0. The highest BCUT2D eigenvalue weighted by Gasteiger charge is 2.00. The predicted molar refractivity (Wildman–Crippen MR) is 301 cm³/mol. The van der Waals surface area contributed by atoms with Crippen molar-refractivity contribution in [1.82, 2.24) is 0 Å². The average Bonchev–Trinajstić information content (AvgIpc) is 3.31. The fourth-order valence-corrected chi connectivity index (χ4v) is 10.8. The molecule has 64 heavy (non-hydrogen) atoms. The zero-order chi connectivity index (χ0) is 45.8. The molecule has 0 amide bonds. The summed E-state index contributed by atoms with van der Waals surface area (Å²) in [6.45, 7) is 2.31. The predicted octanol–water partition coefficient (Wildman–Crippen LogP) is 24.7. The van der Waals surface area contributed by atoms with Crippen molar-refractivity contribution in [2.75, 3.05) is 5.75 Å². The molecule has 0 aliphatic heterocycles. The van der Waals surface area contributed by atoms with Gasteiger partial charge in [-0.1, -0.05) is 392 Å². The first kappa shape index (κ1) is 64.3. The third kappa shape index (κ3) is 62.3. The van der Waals surface area contributed by atoms with E-state index in [2.05, 4.69) is 19.6 Å². The monoisotopic (exact) mass is 917 g/mol. The Morgan fingerprint density at radius 1 is 0.125 bits per heavy atom. The van der Waals surface area contributed by atoms with Crippen molar-refractivity contribution in [3.8, 4) is 0 Å². The van der Waals surface area contributed by atoms with Gasteiger partial charge in [-0.3, -0.25) is 0 Å². The zero-order valence-corrected chi connectivity index (χ0v) is 46.2. The Kier molecular flexibility index (Phi) is 63.7. The van der Waals surface area contributed by atoms with Crippen LogP contribution < -0.4 is 0 Å². The second-order valence-corrected chi connectivity index (χ2v) is 22.4. The summed E-state index contributed by atoms with van der Waals surface area (Å²) < 4.78 is 0. The second kappa shape index (κ2) is 63.3. The fraction of sp³-hybridized carbons (Fsp3) is 1.00. The normalized spacial score (nSPS) is 11.7. The minimum absolute atomic E-state index is 1.07. The van der Waals surface area contributed by atoms with Crippen LogP contribution in [0.2, 0.25) is 0 Å². The Balaban J connectivity index is 3.06. The van der Waals surface area contributed by atoms with E-state index in [1.165, 1.54) is 392 Å². The first-order valence-corrected chi connectivity index (χ1v) is 32.2. The molecule has 0 fully saturated rings. The Hall–Kier alpha value is 0.350. The van der Waals surface area contributed by atoms with Crippen LogP contribution in [0.1, 0.15) is 399 Å². The molecule has 0 spiro atoms. The minimum Gasteiger partial charge on any atom is -0.179 e. The number of unbranched alkanes of at least 4 members (excludes halogenated alkanes) is 60. The first-order chi connectivity index (χ1) is 31.9. The summed E-state index contributed by atoms with van der Waals surface area (Å²) in [6, 6.07) is 0. The number of rotatable bonds is 61. The Morgan fingerprint density at radius 3 is 0.281 bits per heavy atom. The third-order valence-corrected chi connectivity index (χ3v) is 15.6. The van der Waals surface area contributed by atoms with Crippen molar-refractivity contribution in [2.24, 2.45) is 0 Å². The van der Waals surface area contributed by atoms with Gasteiger partial charge in [-0.05, 0) is 12.2 Å². The van der Waals surface area contributed by atoms with Crippen LogP contribution >= 0.6 is 12.6 Å². The van der Waals surface area contributed by atoms with E-state index in [1.807, 2.05) is 0 Å². The van der Waals surface area contributed by atoms with Gasteiger partial charge < -0.3 is 0 Å². The number of hydrogen-bond acceptors (Lipinski definition) is 1. The molecule has 0 aromatic carbocycles. The van der Waals surface area contributed by atoms with Gasteiger partial charge in [0.05, 0.1) is 0 Å². The second-order valence-electron chi connectivity index (χ2n) is 21.9. The molecule has 0 aliphatic rings. The molecule has 0 nitrogen and oxygen atoms in total. The van der Waals surface area contributed by atoms with Crippen molar-refractivity contribution in [2.45, 2.75) is 399 Å². The summed E-state index contributed by atoms with van der Waals surface area (Å²) in [6.07, 6.45) is 90.5. The molecule has 0 radical (unpaired) electrons. The largest absolute Gasteiger partial charge is 0.179 e. The van der Waals surface area contributed by atoms with Gasteiger partial charge in [0.15, 0.2) is 0 Å². The average molecular weight is 918 g/mol. The lowest BCUT2D eigenvalue weighted by molar-refractivity contribution is 0.506. The van der Waals surface area contributed by atoms with E-state index in [-0.39, 0.29) is 0 Å². The number of hydrogen-bond donors (Lipinski definition) is 1. The maximum atomic E-state index is 4.31. The summed E-state index contributed by atoms with van der Waals surface area (Å²) in [5.74, 6) is 1.07. The molecular weight excluding hydrogens is 789 g/mol. The topological polar surface area (TPSA) is 0 Å². The molecular formula is C63H128S. The van der Waals surface area contributed by atoms with E-state index in [0.29, 0.717) is 0 Å². The third-order valence-electron chi connectivity index (χ3n) is 15.3. The van der Waals surface area contributed by atoms with Crippen molar-refractivity contribution < 1.29 is 0 Å². The minimum atomic E-state index is 1.07. The van der Waals surface area contributed by atoms with Crippen LogP contribution in [0.15, 0.2) is 0 Å². The molecule has 0 heterocycles. The quantitative estimate of drug-likeness (QED) is 0.0456. The molecule has 0 bridgehead atoms. The van der Waals surface area contributed by atoms with Crippen LogP contribution in [0.5, 0.6) is 0 Å². The van der Waals surface area contributed by atoms with Crippen LogP contribution in [0.4, 0.5) is 0 Å². The molecule has 0 saturated heterocycles. The van der Waals surface area contributed by atoms with Crippen LogP contribution in [0.3, 0.4) is 0 Å². The highest BCUT2D eigenvalue weighted by atomic mass is 32.1. The maximum absolute atomic E-state index is 4.31. The summed E-state index contributed by atoms with van der Waals surface area (Å²) in [4.78, 5) is 0. The van der Waals surface area contributed by atoms with E-state index in [1.54, 1.807) is 0 Å². The van der Waals surface area contributed by atoms with Gasteiger partial charge >= 0.3 is 0 Å². The van der Waals surface area contributed by atoms with E-state index in [4.69, 9.17) is 0 Å². The van der Waals surface area contributed by atoms with Gasteiger partial charge in [0, 0.05) is 0 Å². The number of thiol groups is 1. The maximum Gasteiger partial charge on any atom is -0.00979 e. The van der Waals surface area contributed by atoms with E-state index >= 15 is 0 Å². The van der Waals surface area contributed by atoms with Crippen LogP contribution in [0, 0.1) is 0 Å². The first-order valence-electron chi connectivity index (χ1n) is 31.5. The van der Waals surface area contributed by atoms with Gasteiger partial charge in [0.25, 0.3) is 0 Å². The van der Waals surface area contributed by atoms with Gasteiger partial charge in [-0.15, -0.1) is 0 Å². The van der Waals surface area contributed by atoms with E-state index in [0.717, 1.165) is 5.75 Å². The fourth-order valence-electron chi connectivity index (χ4n) is 10.6. The van der Waals surface area contributed by atoms with Gasteiger partial charge in [0.1, 0.15) is 0 Å². The molecule has 0 aliphatic carbocycles. The molecule has 0 unspecified atom stereocenters. The standard InChI is InChI=1S/C63H128S/c1-2-3-4-5-6-7-8-9-10-11-12-13-14-15-16-17-18-19-20-21-22-23-24-25-26-27-28-29-30-31-32-33-34-35-36-37-38-39-40-41-42-43-44-45-46-47-48-49-50-51-52-53-54-55-56-57-58-59-60-61-62-63-64/h64H,2-63H2,1H3. The molecule has 0 saturated carbocycles. The van der Waals surface area contributed by atoms with E-state index in [9.17, 15) is 0 Å². The smallest absolute Gasteiger partial charge is 0.00979 e. The molecule has 0 aromatic heterocycles. The lowest BCUT2D eigenvalue weighted by Gasteiger charge is -2.05. The van der Waals surface area contributed by atoms with Crippen molar-refractivity contribution >= 4 is 12.6 Å². The van der Waals surface area contributed by atoms with Crippen LogP contribution in [-0.2, 0) is 0 Å². The van der Waals surface area contributed by atoms with Crippen molar-refractivity contribution in [3.05, 3.63) is 0 Å². The van der Waals surface area contributed by atoms with E-state index < -0.39 is 0 Å². The Bertz CT molecular complexity index is 684. The highest BCUT2D eigenvalue weighted by Crippen LogP contribution is 2.20. The molecule has 1 heteroatoms. The van der Waals surface area contributed by atoms with Crippen molar-refractivity contribution in [1.29, 1.82) is 0 Å². The van der Waals surface area contributed by atoms with Gasteiger partial charge in [-0.2, -0.15) is 12.6 Å². The zero-order valence-electron chi connectivity index (χ0n) is 45.3. The summed E-state index contributed by atoms with van der Waals surface area (Å²) in [5, 5.41) is 0. The Morgan fingerprint density at radius 2 is 0.203 bits per heavy atom. The molecule has 0 aromatic rings. The Labute approximate surface area is 415 Å². The van der Waals surface area contributed by atoms with Gasteiger partial charge in [-0.25, -0.2) is 0 Å². The van der Waals surface area contributed by atoms with Gasteiger partial charge in [0.2, 0.25) is 0 Å². The SMILES string of the molecule is CCCCCCCCCCCCCCCCCCCCCCCCCCCCCCCCCCCCCCCCCCCCCCCCCCCCCCCCCCCCCCCS. The lowest BCUT2D eigenvalue weighted by atomic mass is 10.0. The summed E-state index contributed by atoms with van der Waals surface area (Å²) in [7, 11) is 0. The van der Waals surface area contributed by atoms with Crippen molar-refractivity contribution in [3.63, 3.8) is 0 Å². The molecule has 386 valence electrons. The summed E-state index contributed by atoms with van der Waals surface area (Å²) >= 11 is 4.31. The molecule has 0 rings (SSSR count). The highest BCUT2D eigenvalue weighted by molar-refractivity contribution is 7.80. The lowest BCUT2D eigenvalue weighted by Crippen LogP contribution is -1.85. The van der Waals surface area contributed by atoms with Crippen LogP contribution in [0.25, 0.3) is 0 Å². The van der Waals surface area contributed by atoms with Crippen LogP contribution in [-0.4, -0.2) is 5.75 Å². The molecule has 0 N–H and O–H groups in total. The molecule has 0 atom stereocenters.